The molecule has 0 N–H and O–H groups in total. The quantitative estimate of drug-likeness (QED) is 0.760. The van der Waals surface area contributed by atoms with Gasteiger partial charge in [0.2, 0.25) is 11.7 Å². The van der Waals surface area contributed by atoms with Crippen molar-refractivity contribution in [2.75, 3.05) is 7.11 Å². The molecule has 1 aliphatic rings. The molecule has 5 heteroatoms. The number of aryl methyl sites for hydroxylation is 1. The summed E-state index contributed by atoms with van der Waals surface area (Å²) in [5.74, 6) is 1.28. The van der Waals surface area contributed by atoms with E-state index in [1.807, 2.05) is 0 Å². The smallest absolute Gasteiger partial charge is 0.227 e. The first-order chi connectivity index (χ1) is 7.66. The fourth-order valence-electron chi connectivity index (χ4n) is 1.84. The summed E-state index contributed by atoms with van der Waals surface area (Å²) in [5, 5.41) is 3.94. The van der Waals surface area contributed by atoms with Crippen molar-refractivity contribution in [2.45, 2.75) is 44.6 Å². The van der Waals surface area contributed by atoms with Gasteiger partial charge in [0, 0.05) is 20.0 Å². The van der Waals surface area contributed by atoms with Gasteiger partial charge < -0.3 is 14.1 Å². The SMILES string of the molecule is COC1(c2noc(CCC(C)=O)n2)CCC1. The molecule has 0 radical (unpaired) electrons. The normalized spacial score (nSPS) is 18.1. The third kappa shape index (κ3) is 2.00. The fourth-order valence-corrected chi connectivity index (χ4v) is 1.84. The predicted molar refractivity (Wildman–Crippen MR) is 55.8 cm³/mol. The lowest BCUT2D eigenvalue weighted by molar-refractivity contribution is -0.117. The van der Waals surface area contributed by atoms with Gasteiger partial charge in [0.1, 0.15) is 11.4 Å². The van der Waals surface area contributed by atoms with E-state index in [1.54, 1.807) is 14.0 Å². The highest BCUT2D eigenvalue weighted by Gasteiger charge is 2.43. The van der Waals surface area contributed by atoms with Gasteiger partial charge in [-0.25, -0.2) is 0 Å². The van der Waals surface area contributed by atoms with Gasteiger partial charge in [-0.2, -0.15) is 4.98 Å². The van der Waals surface area contributed by atoms with E-state index < -0.39 is 0 Å². The first-order valence-electron chi connectivity index (χ1n) is 5.54. The van der Waals surface area contributed by atoms with Crippen molar-refractivity contribution in [2.24, 2.45) is 0 Å². The van der Waals surface area contributed by atoms with Crippen LogP contribution in [0.4, 0.5) is 0 Å². The summed E-state index contributed by atoms with van der Waals surface area (Å²) in [6.07, 6.45) is 3.97. The zero-order valence-corrected chi connectivity index (χ0v) is 9.65. The third-order valence-electron chi connectivity index (χ3n) is 3.12. The van der Waals surface area contributed by atoms with Gasteiger partial charge in [-0.15, -0.1) is 0 Å². The molecule has 16 heavy (non-hydrogen) atoms. The molecule has 0 aromatic carbocycles. The van der Waals surface area contributed by atoms with Crippen LogP contribution in [0.2, 0.25) is 0 Å². The summed E-state index contributed by atoms with van der Waals surface area (Å²) >= 11 is 0. The predicted octanol–water partition coefficient (Wildman–Crippen LogP) is 1.62. The Morgan fingerprint density at radius 3 is 2.81 bits per heavy atom. The molecule has 0 saturated heterocycles. The summed E-state index contributed by atoms with van der Waals surface area (Å²) in [4.78, 5) is 15.1. The molecule has 0 atom stereocenters. The van der Waals surface area contributed by atoms with E-state index in [2.05, 4.69) is 10.1 Å². The Morgan fingerprint density at radius 2 is 2.31 bits per heavy atom. The molecule has 1 aliphatic carbocycles. The molecule has 0 amide bonds. The Hall–Kier alpha value is -1.23. The van der Waals surface area contributed by atoms with Crippen LogP contribution in [0, 0.1) is 0 Å². The maximum Gasteiger partial charge on any atom is 0.227 e. The molecule has 5 nitrogen and oxygen atoms in total. The molecule has 1 aromatic heterocycles. The van der Waals surface area contributed by atoms with Crippen molar-refractivity contribution in [1.29, 1.82) is 0 Å². The van der Waals surface area contributed by atoms with E-state index in [4.69, 9.17) is 9.26 Å². The van der Waals surface area contributed by atoms with E-state index in [0.717, 1.165) is 19.3 Å². The van der Waals surface area contributed by atoms with Gasteiger partial charge >= 0.3 is 0 Å². The van der Waals surface area contributed by atoms with E-state index in [9.17, 15) is 4.79 Å². The second-order valence-corrected chi connectivity index (χ2v) is 4.27. The van der Waals surface area contributed by atoms with Crippen LogP contribution in [0.15, 0.2) is 4.52 Å². The fraction of sp³-hybridized carbons (Fsp3) is 0.727. The Morgan fingerprint density at radius 1 is 1.56 bits per heavy atom. The van der Waals surface area contributed by atoms with Crippen LogP contribution in [-0.4, -0.2) is 23.0 Å². The van der Waals surface area contributed by atoms with Crippen LogP contribution in [-0.2, 0) is 21.6 Å². The number of carbonyl (C=O) groups excluding carboxylic acids is 1. The summed E-state index contributed by atoms with van der Waals surface area (Å²) in [5.41, 5.74) is -0.335. The van der Waals surface area contributed by atoms with Crippen LogP contribution >= 0.6 is 0 Å². The van der Waals surface area contributed by atoms with E-state index in [-0.39, 0.29) is 11.4 Å². The van der Waals surface area contributed by atoms with Gasteiger partial charge in [-0.1, -0.05) is 5.16 Å². The standard InChI is InChI=1S/C11H16N2O3/c1-8(14)4-5-9-12-10(13-16-9)11(15-2)6-3-7-11/h3-7H2,1-2H3. The molecular formula is C11H16N2O3. The molecule has 1 aromatic rings. The molecule has 88 valence electrons. The second kappa shape index (κ2) is 4.33. The van der Waals surface area contributed by atoms with Crippen molar-refractivity contribution >= 4 is 5.78 Å². The van der Waals surface area contributed by atoms with Crippen LogP contribution in [0.25, 0.3) is 0 Å². The molecule has 2 rings (SSSR count). The Bertz CT molecular complexity index is 377. The van der Waals surface area contributed by atoms with Gasteiger partial charge in [-0.3, -0.25) is 0 Å². The highest BCUT2D eigenvalue weighted by Crippen LogP contribution is 2.42. The minimum absolute atomic E-state index is 0.129. The van der Waals surface area contributed by atoms with Gasteiger partial charge in [0.05, 0.1) is 0 Å². The number of nitrogens with zero attached hydrogens (tertiary/aromatic N) is 2. The molecule has 0 unspecified atom stereocenters. The molecule has 0 bridgehead atoms. The lowest BCUT2D eigenvalue weighted by Crippen LogP contribution is -2.37. The number of aromatic nitrogens is 2. The molecular weight excluding hydrogens is 208 g/mol. The maximum absolute atomic E-state index is 10.8. The number of hydrogen-bond acceptors (Lipinski definition) is 5. The van der Waals surface area contributed by atoms with Crippen LogP contribution in [0.5, 0.6) is 0 Å². The van der Waals surface area contributed by atoms with Crippen molar-refractivity contribution in [1.82, 2.24) is 10.1 Å². The van der Waals surface area contributed by atoms with E-state index in [0.29, 0.717) is 24.6 Å². The number of Topliss-reactive ketones (excluding diaryl/α,β-unsaturated/α-hetero) is 1. The zero-order valence-electron chi connectivity index (χ0n) is 9.65. The topological polar surface area (TPSA) is 65.2 Å². The number of methoxy groups -OCH3 is 1. The van der Waals surface area contributed by atoms with E-state index in [1.165, 1.54) is 0 Å². The molecule has 1 fully saturated rings. The average molecular weight is 224 g/mol. The zero-order chi connectivity index (χ0) is 11.6. The molecule has 0 aliphatic heterocycles. The number of rotatable bonds is 5. The third-order valence-corrected chi connectivity index (χ3v) is 3.12. The summed E-state index contributed by atoms with van der Waals surface area (Å²) in [6.45, 7) is 1.56. The monoisotopic (exact) mass is 224 g/mol. The van der Waals surface area contributed by atoms with E-state index >= 15 is 0 Å². The minimum Gasteiger partial charge on any atom is -0.370 e. The number of hydrogen-bond donors (Lipinski definition) is 0. The summed E-state index contributed by atoms with van der Waals surface area (Å²) < 4.78 is 10.6. The highest BCUT2D eigenvalue weighted by atomic mass is 16.5. The van der Waals surface area contributed by atoms with Crippen LogP contribution in [0.1, 0.15) is 44.3 Å². The van der Waals surface area contributed by atoms with Crippen molar-refractivity contribution in [3.63, 3.8) is 0 Å². The minimum atomic E-state index is -0.335. The Labute approximate surface area is 94.2 Å². The Balaban J connectivity index is 2.04. The lowest BCUT2D eigenvalue weighted by atomic mass is 9.79. The first kappa shape index (κ1) is 11.3. The average Bonchev–Trinajstić information content (AvgIpc) is 2.63. The summed E-state index contributed by atoms with van der Waals surface area (Å²) in [6, 6.07) is 0. The molecule has 0 spiro atoms. The van der Waals surface area contributed by atoms with Gasteiger partial charge in [0.25, 0.3) is 0 Å². The van der Waals surface area contributed by atoms with Gasteiger partial charge in [0.15, 0.2) is 0 Å². The molecule has 1 heterocycles. The van der Waals surface area contributed by atoms with Crippen molar-refractivity contribution < 1.29 is 14.1 Å². The summed E-state index contributed by atoms with van der Waals surface area (Å²) in [7, 11) is 1.67. The number of ether oxygens (including phenoxy) is 1. The second-order valence-electron chi connectivity index (χ2n) is 4.27. The van der Waals surface area contributed by atoms with Crippen LogP contribution < -0.4 is 0 Å². The van der Waals surface area contributed by atoms with Crippen molar-refractivity contribution in [3.05, 3.63) is 11.7 Å². The molecule has 1 saturated carbocycles. The first-order valence-corrected chi connectivity index (χ1v) is 5.54. The number of ketones is 1. The van der Waals surface area contributed by atoms with Crippen molar-refractivity contribution in [3.8, 4) is 0 Å². The highest BCUT2D eigenvalue weighted by molar-refractivity contribution is 5.75. The lowest BCUT2D eigenvalue weighted by Gasteiger charge is -2.37. The maximum atomic E-state index is 10.8. The number of carbonyl (C=O) groups is 1. The largest absolute Gasteiger partial charge is 0.370 e. The Kier molecular flexibility index (Phi) is 3.05. The van der Waals surface area contributed by atoms with Gasteiger partial charge in [-0.05, 0) is 26.2 Å². The van der Waals surface area contributed by atoms with Crippen LogP contribution in [0.3, 0.4) is 0 Å².